The summed E-state index contributed by atoms with van der Waals surface area (Å²) in [7, 11) is 5.20. The molecule has 0 atom stereocenters. The lowest BCUT2D eigenvalue weighted by Gasteiger charge is -2.11. The van der Waals surface area contributed by atoms with Crippen LogP contribution in [0.3, 0.4) is 0 Å². The van der Waals surface area contributed by atoms with Crippen LogP contribution in [0.15, 0.2) is 30.6 Å². The molecule has 2 rings (SSSR count). The van der Waals surface area contributed by atoms with Crippen molar-refractivity contribution in [1.82, 2.24) is 20.3 Å². The Morgan fingerprint density at radius 2 is 2.10 bits per heavy atom. The summed E-state index contributed by atoms with van der Waals surface area (Å²) < 4.78 is 5.06. The molecule has 2 aromatic heterocycles. The summed E-state index contributed by atoms with van der Waals surface area (Å²) in [5.41, 5.74) is 1.12. The van der Waals surface area contributed by atoms with E-state index in [4.69, 9.17) is 4.74 Å². The number of carbonyl (C=O) groups is 1. The number of aromatic nitrogens is 3. The zero-order valence-electron chi connectivity index (χ0n) is 12.2. The van der Waals surface area contributed by atoms with E-state index >= 15 is 0 Å². The Balaban J connectivity index is 2.06. The molecular formula is C14H17N5O2. The molecule has 0 radical (unpaired) electrons. The Labute approximate surface area is 123 Å². The minimum atomic E-state index is -0.259. The fourth-order valence-corrected chi connectivity index (χ4v) is 1.69. The van der Waals surface area contributed by atoms with E-state index < -0.39 is 0 Å². The van der Waals surface area contributed by atoms with Gasteiger partial charge in [-0.1, -0.05) is 0 Å². The monoisotopic (exact) mass is 287 g/mol. The van der Waals surface area contributed by atoms with E-state index in [2.05, 4.69) is 20.3 Å². The van der Waals surface area contributed by atoms with E-state index in [1.165, 1.54) is 7.11 Å². The molecule has 0 aliphatic heterocycles. The average Bonchev–Trinajstić information content (AvgIpc) is 2.52. The fraction of sp³-hybridized carbons (Fsp3) is 0.286. The second kappa shape index (κ2) is 6.65. The fourth-order valence-electron chi connectivity index (χ4n) is 1.69. The van der Waals surface area contributed by atoms with Gasteiger partial charge in [0.2, 0.25) is 11.8 Å². The quantitative estimate of drug-likeness (QED) is 0.879. The van der Waals surface area contributed by atoms with Crippen molar-refractivity contribution in [2.45, 2.75) is 6.54 Å². The Hall–Kier alpha value is -2.70. The summed E-state index contributed by atoms with van der Waals surface area (Å²) in [6.07, 6.45) is 3.23. The first-order valence-corrected chi connectivity index (χ1v) is 6.38. The molecule has 0 bridgehead atoms. The molecule has 0 unspecified atom stereocenters. The van der Waals surface area contributed by atoms with Crippen molar-refractivity contribution in [3.63, 3.8) is 0 Å². The standard InChI is InChI=1S/C14H17N5O2/c1-19(2)14-16-8-6-10(18-14)9-17-12(20)11-5-4-7-15-13(11)21-3/h4-8H,9H2,1-3H3,(H,17,20). The maximum atomic E-state index is 12.1. The summed E-state index contributed by atoms with van der Waals surface area (Å²) in [6, 6.07) is 5.10. The molecule has 21 heavy (non-hydrogen) atoms. The number of nitrogens with zero attached hydrogens (tertiary/aromatic N) is 4. The van der Waals surface area contributed by atoms with Gasteiger partial charge in [0, 0.05) is 26.5 Å². The molecule has 1 amide bonds. The number of methoxy groups -OCH3 is 1. The largest absolute Gasteiger partial charge is 0.480 e. The van der Waals surface area contributed by atoms with Crippen molar-refractivity contribution in [2.24, 2.45) is 0 Å². The third kappa shape index (κ3) is 3.65. The van der Waals surface area contributed by atoms with Gasteiger partial charge in [0.15, 0.2) is 0 Å². The van der Waals surface area contributed by atoms with Gasteiger partial charge in [-0.05, 0) is 18.2 Å². The van der Waals surface area contributed by atoms with E-state index in [1.807, 2.05) is 14.1 Å². The Morgan fingerprint density at radius 3 is 2.81 bits per heavy atom. The average molecular weight is 287 g/mol. The van der Waals surface area contributed by atoms with Crippen molar-refractivity contribution >= 4 is 11.9 Å². The molecule has 0 aliphatic carbocycles. The summed E-state index contributed by atoms with van der Waals surface area (Å²) in [6.45, 7) is 0.306. The highest BCUT2D eigenvalue weighted by Crippen LogP contribution is 2.13. The normalized spacial score (nSPS) is 10.0. The lowest BCUT2D eigenvalue weighted by molar-refractivity contribution is 0.0946. The Kier molecular flexibility index (Phi) is 4.65. The number of pyridine rings is 1. The van der Waals surface area contributed by atoms with Crippen LogP contribution < -0.4 is 15.0 Å². The number of carbonyl (C=O) groups excluding carboxylic acids is 1. The Bertz CT molecular complexity index is 630. The molecule has 2 aromatic rings. The molecule has 7 nitrogen and oxygen atoms in total. The first kappa shape index (κ1) is 14.7. The lowest BCUT2D eigenvalue weighted by atomic mass is 10.2. The first-order chi connectivity index (χ1) is 10.1. The van der Waals surface area contributed by atoms with Crippen LogP contribution in [0.5, 0.6) is 5.88 Å². The topological polar surface area (TPSA) is 80.2 Å². The van der Waals surface area contributed by atoms with E-state index in [0.717, 1.165) is 5.69 Å². The van der Waals surface area contributed by atoms with Crippen LogP contribution in [0, 0.1) is 0 Å². The highest BCUT2D eigenvalue weighted by Gasteiger charge is 2.12. The molecule has 110 valence electrons. The SMILES string of the molecule is COc1ncccc1C(=O)NCc1ccnc(N(C)C)n1. The van der Waals surface area contributed by atoms with Gasteiger partial charge >= 0.3 is 0 Å². The van der Waals surface area contributed by atoms with Crippen LogP contribution in [0.4, 0.5) is 5.95 Å². The minimum absolute atomic E-state index is 0.259. The van der Waals surface area contributed by atoms with Crippen molar-refractivity contribution in [1.29, 1.82) is 0 Å². The molecule has 0 aromatic carbocycles. The highest BCUT2D eigenvalue weighted by atomic mass is 16.5. The van der Waals surface area contributed by atoms with Gasteiger partial charge in [0.05, 0.1) is 19.3 Å². The molecule has 2 heterocycles. The number of hydrogen-bond donors (Lipinski definition) is 1. The van der Waals surface area contributed by atoms with Gasteiger partial charge in [-0.15, -0.1) is 0 Å². The molecule has 0 spiro atoms. The maximum absolute atomic E-state index is 12.1. The van der Waals surface area contributed by atoms with Gasteiger partial charge in [-0.3, -0.25) is 4.79 Å². The number of rotatable bonds is 5. The second-order valence-corrected chi connectivity index (χ2v) is 4.49. The zero-order chi connectivity index (χ0) is 15.2. The zero-order valence-corrected chi connectivity index (χ0v) is 12.2. The summed E-state index contributed by atoms with van der Waals surface area (Å²) in [5.74, 6) is 0.636. The first-order valence-electron chi connectivity index (χ1n) is 6.38. The third-order valence-corrected chi connectivity index (χ3v) is 2.74. The van der Waals surface area contributed by atoms with Gasteiger partial charge in [0.1, 0.15) is 5.56 Å². The molecule has 7 heteroatoms. The summed E-state index contributed by atoms with van der Waals surface area (Å²) in [5, 5.41) is 2.79. The Morgan fingerprint density at radius 1 is 1.29 bits per heavy atom. The van der Waals surface area contributed by atoms with Crippen LogP contribution >= 0.6 is 0 Å². The predicted octanol–water partition coefficient (Wildman–Crippen LogP) is 0.876. The van der Waals surface area contributed by atoms with E-state index in [-0.39, 0.29) is 5.91 Å². The van der Waals surface area contributed by atoms with Crippen LogP contribution in [0.2, 0.25) is 0 Å². The molecule has 0 aliphatic rings. The van der Waals surface area contributed by atoms with Gasteiger partial charge < -0.3 is 15.0 Å². The van der Waals surface area contributed by atoms with Gasteiger partial charge in [-0.25, -0.2) is 15.0 Å². The smallest absolute Gasteiger partial charge is 0.257 e. The number of amides is 1. The molecule has 0 saturated carbocycles. The van der Waals surface area contributed by atoms with Crippen molar-refractivity contribution in [2.75, 3.05) is 26.1 Å². The molecular weight excluding hydrogens is 270 g/mol. The number of anilines is 1. The number of hydrogen-bond acceptors (Lipinski definition) is 6. The van der Waals surface area contributed by atoms with Crippen molar-refractivity contribution < 1.29 is 9.53 Å². The highest BCUT2D eigenvalue weighted by molar-refractivity contribution is 5.96. The van der Waals surface area contributed by atoms with Crippen LogP contribution in [-0.4, -0.2) is 42.1 Å². The van der Waals surface area contributed by atoms with Crippen molar-refractivity contribution in [3.8, 4) is 5.88 Å². The van der Waals surface area contributed by atoms with Gasteiger partial charge in [0.25, 0.3) is 5.91 Å². The molecule has 0 saturated heterocycles. The minimum Gasteiger partial charge on any atom is -0.480 e. The summed E-state index contributed by atoms with van der Waals surface area (Å²) >= 11 is 0. The molecule has 1 N–H and O–H groups in total. The molecule has 0 fully saturated rings. The van der Waals surface area contributed by atoms with Crippen LogP contribution in [0.25, 0.3) is 0 Å². The van der Waals surface area contributed by atoms with E-state index in [0.29, 0.717) is 23.9 Å². The summed E-state index contributed by atoms with van der Waals surface area (Å²) in [4.78, 5) is 26.4. The van der Waals surface area contributed by atoms with E-state index in [1.54, 1.807) is 35.5 Å². The number of ether oxygens (including phenoxy) is 1. The third-order valence-electron chi connectivity index (χ3n) is 2.74. The maximum Gasteiger partial charge on any atom is 0.257 e. The van der Waals surface area contributed by atoms with Crippen molar-refractivity contribution in [3.05, 3.63) is 41.9 Å². The van der Waals surface area contributed by atoms with E-state index in [9.17, 15) is 4.79 Å². The second-order valence-electron chi connectivity index (χ2n) is 4.49. The van der Waals surface area contributed by atoms with Crippen LogP contribution in [0.1, 0.15) is 16.1 Å². The predicted molar refractivity (Wildman–Crippen MR) is 78.3 cm³/mol. The lowest BCUT2D eigenvalue weighted by Crippen LogP contribution is -2.24. The van der Waals surface area contributed by atoms with Crippen LogP contribution in [-0.2, 0) is 6.54 Å². The van der Waals surface area contributed by atoms with Gasteiger partial charge in [-0.2, -0.15) is 0 Å². The number of nitrogens with one attached hydrogen (secondary N) is 1.